The molecule has 1 fully saturated rings. The second-order valence-electron chi connectivity index (χ2n) is 5.62. The van der Waals surface area contributed by atoms with Crippen molar-refractivity contribution in [3.63, 3.8) is 0 Å². The second kappa shape index (κ2) is 7.68. The van der Waals surface area contributed by atoms with Gasteiger partial charge >= 0.3 is 0 Å². The number of carbonyl (C=O) groups excluding carboxylic acids is 2. The highest BCUT2D eigenvalue weighted by molar-refractivity contribution is 7.98. The van der Waals surface area contributed by atoms with Crippen LogP contribution in [0.3, 0.4) is 0 Å². The molecule has 1 heterocycles. The minimum atomic E-state index is -0.318. The maximum atomic E-state index is 12.7. The molecule has 1 aliphatic rings. The van der Waals surface area contributed by atoms with Crippen LogP contribution in [-0.2, 0) is 16.1 Å². The monoisotopic (exact) mass is 320 g/mol. The maximum absolute atomic E-state index is 12.7. The standard InChI is InChI=1S/C17H24N2O2S/c1-4-14(19-11-7-10-16(19)20)17(21)18(2)12-13-8-5-6-9-15(13)22-3/h5-6,8-9,14H,4,7,10-12H2,1-3H3/t14-/m0/s1. The number of thioether (sulfide) groups is 1. The van der Waals surface area contributed by atoms with Gasteiger partial charge in [-0.3, -0.25) is 9.59 Å². The summed E-state index contributed by atoms with van der Waals surface area (Å²) in [6.45, 7) is 3.25. The fourth-order valence-corrected chi connectivity index (χ4v) is 3.56. The first-order valence-corrected chi connectivity index (χ1v) is 8.97. The van der Waals surface area contributed by atoms with Crippen molar-refractivity contribution in [2.24, 2.45) is 0 Å². The first kappa shape index (κ1) is 16.9. The Labute approximate surface area is 136 Å². The summed E-state index contributed by atoms with van der Waals surface area (Å²) in [5.74, 6) is 0.145. The molecule has 1 saturated heterocycles. The summed E-state index contributed by atoms with van der Waals surface area (Å²) < 4.78 is 0. The first-order chi connectivity index (χ1) is 10.6. The van der Waals surface area contributed by atoms with Crippen LogP contribution < -0.4 is 0 Å². The molecule has 2 rings (SSSR count). The van der Waals surface area contributed by atoms with Crippen molar-refractivity contribution in [3.8, 4) is 0 Å². The van der Waals surface area contributed by atoms with Gasteiger partial charge in [0.2, 0.25) is 11.8 Å². The molecule has 2 amide bonds. The molecule has 1 aromatic carbocycles. The Kier molecular flexibility index (Phi) is 5.89. The number of amides is 2. The first-order valence-electron chi connectivity index (χ1n) is 7.74. The fraction of sp³-hybridized carbons (Fsp3) is 0.529. The van der Waals surface area contributed by atoms with Crippen molar-refractivity contribution in [2.45, 2.75) is 43.7 Å². The Hall–Kier alpha value is -1.49. The Balaban J connectivity index is 2.08. The lowest BCUT2D eigenvalue weighted by Gasteiger charge is -2.30. The zero-order chi connectivity index (χ0) is 16.1. The van der Waals surface area contributed by atoms with E-state index in [1.54, 1.807) is 21.6 Å². The van der Waals surface area contributed by atoms with Crippen LogP contribution >= 0.6 is 11.8 Å². The molecule has 22 heavy (non-hydrogen) atoms. The average Bonchev–Trinajstić information content (AvgIpc) is 2.94. The molecule has 1 aliphatic heterocycles. The SMILES string of the molecule is CC[C@@H](C(=O)N(C)Cc1ccccc1SC)N1CCCC1=O. The number of nitrogens with zero attached hydrogens (tertiary/aromatic N) is 2. The van der Waals surface area contributed by atoms with E-state index in [0.29, 0.717) is 25.9 Å². The molecule has 0 aliphatic carbocycles. The van der Waals surface area contributed by atoms with Gasteiger partial charge < -0.3 is 9.80 Å². The number of rotatable bonds is 6. The molecule has 1 aromatic rings. The molecule has 0 aromatic heterocycles. The Morgan fingerprint density at radius 2 is 2.14 bits per heavy atom. The summed E-state index contributed by atoms with van der Waals surface area (Å²) in [6.07, 6.45) is 4.14. The third kappa shape index (κ3) is 3.64. The number of carbonyl (C=O) groups is 2. The van der Waals surface area contributed by atoms with E-state index >= 15 is 0 Å². The molecule has 0 radical (unpaired) electrons. The lowest BCUT2D eigenvalue weighted by Crippen LogP contribution is -2.47. The van der Waals surface area contributed by atoms with Crippen molar-refractivity contribution >= 4 is 23.6 Å². The smallest absolute Gasteiger partial charge is 0.245 e. The van der Waals surface area contributed by atoms with Gasteiger partial charge in [-0.05, 0) is 30.7 Å². The molecular formula is C17H24N2O2S. The largest absolute Gasteiger partial charge is 0.340 e. The number of likely N-dealkylation sites (tertiary alicyclic amines) is 1. The van der Waals surface area contributed by atoms with Gasteiger partial charge in [-0.25, -0.2) is 0 Å². The van der Waals surface area contributed by atoms with E-state index in [0.717, 1.165) is 12.0 Å². The van der Waals surface area contributed by atoms with Gasteiger partial charge in [-0.15, -0.1) is 11.8 Å². The van der Waals surface area contributed by atoms with Crippen LogP contribution in [0.5, 0.6) is 0 Å². The minimum Gasteiger partial charge on any atom is -0.340 e. The van der Waals surface area contributed by atoms with Crippen LogP contribution in [0.25, 0.3) is 0 Å². The van der Waals surface area contributed by atoms with E-state index in [4.69, 9.17) is 0 Å². The van der Waals surface area contributed by atoms with Crippen molar-refractivity contribution in [2.75, 3.05) is 19.8 Å². The van der Waals surface area contributed by atoms with Gasteiger partial charge in [0.15, 0.2) is 0 Å². The summed E-state index contributed by atoms with van der Waals surface area (Å²) in [6, 6.07) is 7.81. The normalized spacial score (nSPS) is 16.0. The van der Waals surface area contributed by atoms with Gasteiger partial charge in [-0.1, -0.05) is 25.1 Å². The Bertz CT molecular complexity index is 547. The molecule has 0 unspecified atom stereocenters. The van der Waals surface area contributed by atoms with Crippen LogP contribution in [0.4, 0.5) is 0 Å². The topological polar surface area (TPSA) is 40.6 Å². The third-order valence-electron chi connectivity index (χ3n) is 4.13. The van der Waals surface area contributed by atoms with Crippen LogP contribution in [-0.4, -0.2) is 47.5 Å². The van der Waals surface area contributed by atoms with Crippen LogP contribution in [0.1, 0.15) is 31.7 Å². The summed E-state index contributed by atoms with van der Waals surface area (Å²) in [5, 5.41) is 0. The quantitative estimate of drug-likeness (QED) is 0.757. The lowest BCUT2D eigenvalue weighted by atomic mass is 10.1. The van der Waals surface area contributed by atoms with Crippen molar-refractivity contribution in [1.29, 1.82) is 0 Å². The van der Waals surface area contributed by atoms with E-state index in [1.807, 2.05) is 32.4 Å². The van der Waals surface area contributed by atoms with E-state index < -0.39 is 0 Å². The van der Waals surface area contributed by atoms with E-state index in [1.165, 1.54) is 4.90 Å². The molecule has 0 bridgehead atoms. The highest BCUT2D eigenvalue weighted by Gasteiger charge is 2.33. The van der Waals surface area contributed by atoms with E-state index in [9.17, 15) is 9.59 Å². The molecule has 1 atom stereocenters. The van der Waals surface area contributed by atoms with Crippen molar-refractivity contribution in [3.05, 3.63) is 29.8 Å². The van der Waals surface area contributed by atoms with Gasteiger partial charge in [-0.2, -0.15) is 0 Å². The number of hydrogen-bond acceptors (Lipinski definition) is 3. The minimum absolute atomic E-state index is 0.0358. The Morgan fingerprint density at radius 1 is 1.41 bits per heavy atom. The second-order valence-corrected chi connectivity index (χ2v) is 6.47. The Morgan fingerprint density at radius 3 is 2.73 bits per heavy atom. The maximum Gasteiger partial charge on any atom is 0.245 e. The van der Waals surface area contributed by atoms with Gasteiger partial charge in [0.25, 0.3) is 0 Å². The highest BCUT2D eigenvalue weighted by Crippen LogP contribution is 2.22. The molecule has 120 valence electrons. The average molecular weight is 320 g/mol. The van der Waals surface area contributed by atoms with E-state index in [2.05, 4.69) is 12.1 Å². The zero-order valence-corrected chi connectivity index (χ0v) is 14.4. The summed E-state index contributed by atoms with van der Waals surface area (Å²) >= 11 is 1.69. The van der Waals surface area contributed by atoms with Crippen LogP contribution in [0, 0.1) is 0 Å². The summed E-state index contributed by atoms with van der Waals surface area (Å²) in [5.41, 5.74) is 1.15. The molecular weight excluding hydrogens is 296 g/mol. The van der Waals surface area contributed by atoms with Gasteiger partial charge in [0.05, 0.1) is 0 Å². The lowest BCUT2D eigenvalue weighted by molar-refractivity contribution is -0.143. The fourth-order valence-electron chi connectivity index (χ4n) is 2.95. The van der Waals surface area contributed by atoms with Gasteiger partial charge in [0, 0.05) is 31.5 Å². The summed E-state index contributed by atoms with van der Waals surface area (Å²) in [4.78, 5) is 29.3. The zero-order valence-electron chi connectivity index (χ0n) is 13.5. The number of likely N-dealkylation sites (N-methyl/N-ethyl adjacent to an activating group) is 1. The molecule has 4 nitrogen and oxygen atoms in total. The highest BCUT2D eigenvalue weighted by atomic mass is 32.2. The summed E-state index contributed by atoms with van der Waals surface area (Å²) in [7, 11) is 1.82. The van der Waals surface area contributed by atoms with Crippen LogP contribution in [0.15, 0.2) is 29.2 Å². The van der Waals surface area contributed by atoms with Gasteiger partial charge in [0.1, 0.15) is 6.04 Å². The molecule has 0 N–H and O–H groups in total. The molecule has 0 spiro atoms. The predicted octanol–water partition coefficient (Wildman–Crippen LogP) is 2.77. The molecule has 5 heteroatoms. The number of benzene rings is 1. The van der Waals surface area contributed by atoms with Crippen LogP contribution in [0.2, 0.25) is 0 Å². The third-order valence-corrected chi connectivity index (χ3v) is 4.97. The molecule has 0 saturated carbocycles. The predicted molar refractivity (Wildman–Crippen MR) is 89.7 cm³/mol. The van der Waals surface area contributed by atoms with Crippen molar-refractivity contribution in [1.82, 2.24) is 9.80 Å². The number of hydrogen-bond donors (Lipinski definition) is 0. The van der Waals surface area contributed by atoms with E-state index in [-0.39, 0.29) is 17.9 Å². The van der Waals surface area contributed by atoms with Crippen molar-refractivity contribution < 1.29 is 9.59 Å².